The van der Waals surface area contributed by atoms with Crippen molar-refractivity contribution in [2.45, 2.75) is 6.42 Å². The van der Waals surface area contributed by atoms with Crippen LogP contribution in [-0.4, -0.2) is 11.1 Å². The van der Waals surface area contributed by atoms with Crippen LogP contribution in [0.2, 0.25) is 0 Å². The molecule has 0 rings (SSSR count). The van der Waals surface area contributed by atoms with E-state index < -0.39 is 11.9 Å². The lowest BCUT2D eigenvalue weighted by atomic mass is 9.95. The molecule has 0 aromatic carbocycles. The second-order valence-corrected chi connectivity index (χ2v) is 2.52. The van der Waals surface area contributed by atoms with Crippen molar-refractivity contribution >= 4 is 5.97 Å². The highest BCUT2D eigenvalue weighted by atomic mass is 16.4. The van der Waals surface area contributed by atoms with Crippen LogP contribution in [0.1, 0.15) is 6.42 Å². The minimum Gasteiger partial charge on any atom is -0.481 e. The van der Waals surface area contributed by atoms with Gasteiger partial charge < -0.3 is 5.11 Å². The zero-order valence-electron chi connectivity index (χ0n) is 7.57. The van der Waals surface area contributed by atoms with Crippen molar-refractivity contribution in [3.63, 3.8) is 0 Å². The number of hydrogen-bond donors (Lipinski definition) is 1. The Kier molecular flexibility index (Phi) is 5.28. The van der Waals surface area contributed by atoms with Gasteiger partial charge in [-0.05, 0) is 12.0 Å². The highest BCUT2D eigenvalue weighted by molar-refractivity contribution is 5.74. The van der Waals surface area contributed by atoms with Gasteiger partial charge in [-0.15, -0.1) is 6.58 Å². The van der Waals surface area contributed by atoms with E-state index in [1.54, 1.807) is 18.2 Å². The average molecular weight is 178 g/mol. The first-order valence-electron chi connectivity index (χ1n) is 3.96. The lowest BCUT2D eigenvalue weighted by molar-refractivity contribution is -0.140. The van der Waals surface area contributed by atoms with Gasteiger partial charge in [-0.1, -0.05) is 37.5 Å². The highest BCUT2D eigenvalue weighted by Crippen LogP contribution is 2.17. The van der Waals surface area contributed by atoms with Gasteiger partial charge in [0.15, 0.2) is 0 Å². The van der Waals surface area contributed by atoms with Gasteiger partial charge in [0.2, 0.25) is 0 Å². The van der Waals surface area contributed by atoms with E-state index in [9.17, 15) is 4.79 Å². The number of hydrogen-bond acceptors (Lipinski definition) is 1. The van der Waals surface area contributed by atoms with E-state index in [1.807, 2.05) is 0 Å². The molecule has 0 amide bonds. The molecule has 0 fully saturated rings. The summed E-state index contributed by atoms with van der Waals surface area (Å²) in [4.78, 5) is 10.8. The minimum absolute atomic E-state index is 0.404. The fraction of sp³-hybridized carbons (Fsp3) is 0.182. The summed E-state index contributed by atoms with van der Waals surface area (Å²) < 4.78 is 0. The summed E-state index contributed by atoms with van der Waals surface area (Å²) in [5.41, 5.74) is 0.655. The number of carboxylic acids is 1. The zero-order valence-corrected chi connectivity index (χ0v) is 7.57. The van der Waals surface area contributed by atoms with Gasteiger partial charge in [0, 0.05) is 0 Å². The van der Waals surface area contributed by atoms with Gasteiger partial charge in [-0.3, -0.25) is 4.79 Å². The van der Waals surface area contributed by atoms with Crippen LogP contribution in [0.25, 0.3) is 0 Å². The quantitative estimate of drug-likeness (QED) is 0.501. The second kappa shape index (κ2) is 6.00. The van der Waals surface area contributed by atoms with Gasteiger partial charge >= 0.3 is 5.97 Å². The maximum Gasteiger partial charge on any atom is 0.311 e. The predicted octanol–water partition coefficient (Wildman–Crippen LogP) is 2.56. The standard InChI is InChI=1S/C11H14O2/c1-4-7-9(6-3)10(8-5-2)11(12)13/h4-7,10H,1-3,8H2,(H,12,13). The van der Waals surface area contributed by atoms with Crippen molar-refractivity contribution in [2.75, 3.05) is 0 Å². The lowest BCUT2D eigenvalue weighted by Gasteiger charge is -2.10. The van der Waals surface area contributed by atoms with Crippen molar-refractivity contribution < 1.29 is 9.90 Å². The Hall–Kier alpha value is -1.57. The summed E-state index contributed by atoms with van der Waals surface area (Å²) in [5, 5.41) is 8.86. The van der Waals surface area contributed by atoms with E-state index >= 15 is 0 Å². The molecule has 0 bridgehead atoms. The average Bonchev–Trinajstić information content (AvgIpc) is 2.10. The molecule has 70 valence electrons. The van der Waals surface area contributed by atoms with E-state index in [1.165, 1.54) is 6.08 Å². The maximum atomic E-state index is 10.8. The Morgan fingerprint density at radius 2 is 2.00 bits per heavy atom. The van der Waals surface area contributed by atoms with Crippen LogP contribution in [0.5, 0.6) is 0 Å². The number of rotatable bonds is 6. The fourth-order valence-electron chi connectivity index (χ4n) is 1.01. The van der Waals surface area contributed by atoms with Crippen molar-refractivity contribution in [3.8, 4) is 0 Å². The summed E-state index contributed by atoms with van der Waals surface area (Å²) in [6, 6.07) is 0. The van der Waals surface area contributed by atoms with E-state index in [-0.39, 0.29) is 0 Å². The Morgan fingerprint density at radius 3 is 2.31 bits per heavy atom. The molecular formula is C11H14O2. The Bertz CT molecular complexity index is 249. The van der Waals surface area contributed by atoms with Crippen LogP contribution in [0.4, 0.5) is 0 Å². The lowest BCUT2D eigenvalue weighted by Crippen LogP contribution is -2.14. The van der Waals surface area contributed by atoms with Crippen LogP contribution < -0.4 is 0 Å². The van der Waals surface area contributed by atoms with Gasteiger partial charge in [-0.2, -0.15) is 0 Å². The van der Waals surface area contributed by atoms with E-state index in [0.29, 0.717) is 12.0 Å². The largest absolute Gasteiger partial charge is 0.481 e. The van der Waals surface area contributed by atoms with Crippen LogP contribution >= 0.6 is 0 Å². The molecule has 1 unspecified atom stereocenters. The summed E-state index contributed by atoms with van der Waals surface area (Å²) in [6.45, 7) is 10.6. The normalized spacial score (nSPS) is 13.1. The molecule has 0 saturated heterocycles. The Balaban J connectivity index is 4.77. The number of carbonyl (C=O) groups is 1. The number of allylic oxidation sites excluding steroid dienone is 4. The summed E-state index contributed by atoms with van der Waals surface area (Å²) in [7, 11) is 0. The van der Waals surface area contributed by atoms with Crippen LogP contribution in [0.3, 0.4) is 0 Å². The molecule has 2 nitrogen and oxygen atoms in total. The molecule has 1 atom stereocenters. The van der Waals surface area contributed by atoms with Crippen molar-refractivity contribution in [1.82, 2.24) is 0 Å². The molecule has 0 aromatic heterocycles. The molecule has 13 heavy (non-hydrogen) atoms. The first-order chi connectivity index (χ1) is 6.17. The SMILES string of the molecule is C=CC=C(C=C)C(CC=C)C(=O)O. The molecule has 0 radical (unpaired) electrons. The zero-order chi connectivity index (χ0) is 10.3. The third kappa shape index (κ3) is 3.56. The van der Waals surface area contributed by atoms with Crippen molar-refractivity contribution in [3.05, 3.63) is 49.6 Å². The second-order valence-electron chi connectivity index (χ2n) is 2.52. The fourth-order valence-corrected chi connectivity index (χ4v) is 1.01. The molecular weight excluding hydrogens is 164 g/mol. The predicted molar refractivity (Wildman–Crippen MR) is 54.4 cm³/mol. The Labute approximate surface area is 78.6 Å². The minimum atomic E-state index is -0.868. The van der Waals surface area contributed by atoms with Crippen LogP contribution in [0, 0.1) is 5.92 Å². The number of aliphatic carboxylic acids is 1. The summed E-state index contributed by atoms with van der Waals surface area (Å²) in [6.07, 6.45) is 6.72. The topological polar surface area (TPSA) is 37.3 Å². The number of carboxylic acid groups (broad SMARTS) is 1. The summed E-state index contributed by atoms with van der Waals surface area (Å²) in [5.74, 6) is -1.43. The first kappa shape index (κ1) is 11.4. The summed E-state index contributed by atoms with van der Waals surface area (Å²) >= 11 is 0. The molecule has 0 heterocycles. The maximum absolute atomic E-state index is 10.8. The van der Waals surface area contributed by atoms with Gasteiger partial charge in [0.05, 0.1) is 5.92 Å². The smallest absolute Gasteiger partial charge is 0.311 e. The van der Waals surface area contributed by atoms with E-state index in [0.717, 1.165) is 0 Å². The molecule has 0 aliphatic rings. The molecule has 2 heteroatoms. The highest BCUT2D eigenvalue weighted by Gasteiger charge is 2.17. The molecule has 0 saturated carbocycles. The first-order valence-corrected chi connectivity index (χ1v) is 3.96. The third-order valence-corrected chi connectivity index (χ3v) is 1.65. The van der Waals surface area contributed by atoms with Crippen molar-refractivity contribution in [1.29, 1.82) is 0 Å². The molecule has 0 aliphatic heterocycles. The molecule has 0 spiro atoms. The van der Waals surface area contributed by atoms with Gasteiger partial charge in [-0.25, -0.2) is 0 Å². The molecule has 0 aromatic rings. The third-order valence-electron chi connectivity index (χ3n) is 1.65. The van der Waals surface area contributed by atoms with Crippen molar-refractivity contribution in [2.24, 2.45) is 5.92 Å². The monoisotopic (exact) mass is 178 g/mol. The molecule has 0 aliphatic carbocycles. The van der Waals surface area contributed by atoms with E-state index in [2.05, 4.69) is 19.7 Å². The van der Waals surface area contributed by atoms with E-state index in [4.69, 9.17) is 5.11 Å². The van der Waals surface area contributed by atoms with Crippen LogP contribution in [-0.2, 0) is 4.79 Å². The molecule has 1 N–H and O–H groups in total. The van der Waals surface area contributed by atoms with Gasteiger partial charge in [0.25, 0.3) is 0 Å². The van der Waals surface area contributed by atoms with Crippen LogP contribution in [0.15, 0.2) is 49.6 Å². The Morgan fingerprint density at radius 1 is 1.38 bits per heavy atom. The van der Waals surface area contributed by atoms with Gasteiger partial charge in [0.1, 0.15) is 0 Å².